The maximum absolute atomic E-state index is 10.7. The SMILES string of the molecule is CC(C)CNC(=NCC(C)(O)c1ccccc1)NCCc1ccco1.I. The van der Waals surface area contributed by atoms with Gasteiger partial charge in [0.2, 0.25) is 0 Å². The first-order chi connectivity index (χ1) is 12.0. The Bertz CT molecular complexity index is 640. The second-order valence-electron chi connectivity index (χ2n) is 6.84. The lowest BCUT2D eigenvalue weighted by Crippen LogP contribution is -2.41. The van der Waals surface area contributed by atoms with Crippen molar-refractivity contribution in [1.82, 2.24) is 10.6 Å². The van der Waals surface area contributed by atoms with E-state index in [1.54, 1.807) is 13.2 Å². The van der Waals surface area contributed by atoms with Gasteiger partial charge in [-0.05, 0) is 30.5 Å². The fourth-order valence-corrected chi connectivity index (χ4v) is 2.36. The fourth-order valence-electron chi connectivity index (χ4n) is 2.36. The van der Waals surface area contributed by atoms with E-state index in [-0.39, 0.29) is 30.5 Å². The van der Waals surface area contributed by atoms with Crippen LogP contribution in [0.5, 0.6) is 0 Å². The molecule has 1 aromatic carbocycles. The molecule has 0 radical (unpaired) electrons. The molecule has 3 N–H and O–H groups in total. The molecule has 0 aliphatic rings. The van der Waals surface area contributed by atoms with Crippen LogP contribution >= 0.6 is 24.0 Å². The predicted octanol–water partition coefficient (Wildman–Crippen LogP) is 3.54. The normalized spacial score (nSPS) is 13.8. The van der Waals surface area contributed by atoms with Crippen LogP contribution in [0.4, 0.5) is 0 Å². The Kier molecular flexibility index (Phi) is 9.72. The molecular formula is C20H30IN3O2. The van der Waals surface area contributed by atoms with Crippen molar-refractivity contribution in [1.29, 1.82) is 0 Å². The molecule has 1 aromatic heterocycles. The summed E-state index contributed by atoms with van der Waals surface area (Å²) in [6, 6.07) is 13.5. The molecule has 0 aliphatic heterocycles. The highest BCUT2D eigenvalue weighted by molar-refractivity contribution is 14.0. The van der Waals surface area contributed by atoms with Crippen molar-refractivity contribution in [2.75, 3.05) is 19.6 Å². The van der Waals surface area contributed by atoms with Crippen molar-refractivity contribution < 1.29 is 9.52 Å². The van der Waals surface area contributed by atoms with Crippen molar-refractivity contribution >= 4 is 29.9 Å². The highest BCUT2D eigenvalue weighted by Gasteiger charge is 2.22. The summed E-state index contributed by atoms with van der Waals surface area (Å²) in [6.45, 7) is 7.89. The molecule has 0 amide bonds. The highest BCUT2D eigenvalue weighted by atomic mass is 127. The molecule has 0 saturated carbocycles. The number of nitrogens with zero attached hydrogens (tertiary/aromatic N) is 1. The first-order valence-electron chi connectivity index (χ1n) is 8.80. The first kappa shape index (κ1) is 22.5. The number of hydrogen-bond donors (Lipinski definition) is 3. The zero-order chi connectivity index (χ0) is 18.1. The van der Waals surface area contributed by atoms with E-state index in [9.17, 15) is 5.11 Å². The quantitative estimate of drug-likeness (QED) is 0.313. The van der Waals surface area contributed by atoms with Crippen LogP contribution in [0.2, 0.25) is 0 Å². The van der Waals surface area contributed by atoms with Crippen LogP contribution in [0.25, 0.3) is 0 Å². The summed E-state index contributed by atoms with van der Waals surface area (Å²) in [5.41, 5.74) is -0.146. The monoisotopic (exact) mass is 471 g/mol. The molecule has 0 fully saturated rings. The smallest absolute Gasteiger partial charge is 0.191 e. The van der Waals surface area contributed by atoms with Gasteiger partial charge >= 0.3 is 0 Å². The average molecular weight is 471 g/mol. The molecule has 0 saturated heterocycles. The van der Waals surface area contributed by atoms with Crippen LogP contribution in [0.1, 0.15) is 32.1 Å². The van der Waals surface area contributed by atoms with E-state index in [0.29, 0.717) is 18.4 Å². The minimum absolute atomic E-state index is 0. The summed E-state index contributed by atoms with van der Waals surface area (Å²) in [5.74, 6) is 2.15. The van der Waals surface area contributed by atoms with E-state index in [1.165, 1.54) is 0 Å². The van der Waals surface area contributed by atoms with Crippen molar-refractivity contribution in [3.63, 3.8) is 0 Å². The number of benzene rings is 1. The van der Waals surface area contributed by atoms with E-state index in [0.717, 1.165) is 24.3 Å². The third kappa shape index (κ3) is 7.78. The van der Waals surface area contributed by atoms with Crippen LogP contribution in [0, 0.1) is 5.92 Å². The lowest BCUT2D eigenvalue weighted by atomic mass is 9.96. The van der Waals surface area contributed by atoms with Crippen LogP contribution in [-0.2, 0) is 12.0 Å². The Morgan fingerprint density at radius 1 is 1.15 bits per heavy atom. The first-order valence-corrected chi connectivity index (χ1v) is 8.80. The molecule has 2 aromatic rings. The van der Waals surface area contributed by atoms with Gasteiger partial charge in [-0.15, -0.1) is 24.0 Å². The largest absolute Gasteiger partial charge is 0.469 e. The van der Waals surface area contributed by atoms with Crippen LogP contribution < -0.4 is 10.6 Å². The summed E-state index contributed by atoms with van der Waals surface area (Å²) in [4.78, 5) is 4.58. The maximum atomic E-state index is 10.7. The summed E-state index contributed by atoms with van der Waals surface area (Å²) in [5, 5.41) is 17.3. The summed E-state index contributed by atoms with van der Waals surface area (Å²) in [7, 11) is 0. The second-order valence-corrected chi connectivity index (χ2v) is 6.84. The number of rotatable bonds is 8. The number of nitrogens with one attached hydrogen (secondary N) is 2. The number of aliphatic imine (C=N–C) groups is 1. The van der Waals surface area contributed by atoms with E-state index in [4.69, 9.17) is 4.42 Å². The number of aliphatic hydroxyl groups is 1. The predicted molar refractivity (Wildman–Crippen MR) is 117 cm³/mol. The molecule has 2 rings (SSSR count). The summed E-state index contributed by atoms with van der Waals surface area (Å²) < 4.78 is 5.35. The van der Waals surface area contributed by atoms with Crippen molar-refractivity contribution in [2.24, 2.45) is 10.9 Å². The zero-order valence-corrected chi connectivity index (χ0v) is 18.1. The van der Waals surface area contributed by atoms with Gasteiger partial charge < -0.3 is 20.2 Å². The van der Waals surface area contributed by atoms with Gasteiger partial charge in [0, 0.05) is 19.5 Å². The Balaban J connectivity index is 0.00000338. The molecule has 1 unspecified atom stereocenters. The summed E-state index contributed by atoms with van der Waals surface area (Å²) >= 11 is 0. The molecular weight excluding hydrogens is 441 g/mol. The van der Waals surface area contributed by atoms with Crippen LogP contribution in [-0.4, -0.2) is 30.7 Å². The van der Waals surface area contributed by atoms with Crippen molar-refractivity contribution in [2.45, 2.75) is 32.8 Å². The number of halogens is 1. The van der Waals surface area contributed by atoms with Crippen LogP contribution in [0.15, 0.2) is 58.1 Å². The van der Waals surface area contributed by atoms with Crippen molar-refractivity contribution in [3.8, 4) is 0 Å². The Morgan fingerprint density at radius 2 is 1.88 bits per heavy atom. The average Bonchev–Trinajstić information content (AvgIpc) is 3.11. The van der Waals surface area contributed by atoms with E-state index in [2.05, 4.69) is 29.5 Å². The standard InChI is InChI=1S/C20H29N3O2.HI/c1-16(2)14-22-19(21-12-11-18-10-7-13-25-18)23-15-20(3,24)17-8-5-4-6-9-17;/h4-10,13,16,24H,11-12,14-15H2,1-3H3,(H2,21,22,23);1H. The van der Waals surface area contributed by atoms with Gasteiger partial charge in [0.05, 0.1) is 12.8 Å². The minimum atomic E-state index is -1.01. The third-order valence-electron chi connectivity index (χ3n) is 3.86. The van der Waals surface area contributed by atoms with Gasteiger partial charge in [-0.3, -0.25) is 0 Å². The molecule has 1 atom stereocenters. The number of furan rings is 1. The topological polar surface area (TPSA) is 69.8 Å². The molecule has 6 heteroatoms. The molecule has 0 spiro atoms. The Labute approximate surface area is 173 Å². The Hall–Kier alpha value is -1.54. The van der Waals surface area contributed by atoms with Gasteiger partial charge in [0.1, 0.15) is 11.4 Å². The molecule has 5 nitrogen and oxygen atoms in total. The third-order valence-corrected chi connectivity index (χ3v) is 3.86. The van der Waals surface area contributed by atoms with E-state index >= 15 is 0 Å². The zero-order valence-electron chi connectivity index (χ0n) is 15.7. The molecule has 0 aliphatic carbocycles. The molecule has 144 valence electrons. The van der Waals surface area contributed by atoms with Gasteiger partial charge in [-0.25, -0.2) is 4.99 Å². The highest BCUT2D eigenvalue weighted by Crippen LogP contribution is 2.20. The number of guanidine groups is 1. The summed E-state index contributed by atoms with van der Waals surface area (Å²) in [6.07, 6.45) is 2.46. The van der Waals surface area contributed by atoms with E-state index < -0.39 is 5.60 Å². The minimum Gasteiger partial charge on any atom is -0.469 e. The second kappa shape index (κ2) is 11.2. The maximum Gasteiger partial charge on any atom is 0.191 e. The lowest BCUT2D eigenvalue weighted by molar-refractivity contribution is 0.0672. The van der Waals surface area contributed by atoms with E-state index in [1.807, 2.05) is 42.5 Å². The van der Waals surface area contributed by atoms with Crippen molar-refractivity contribution in [3.05, 3.63) is 60.1 Å². The molecule has 1 heterocycles. The van der Waals surface area contributed by atoms with Gasteiger partial charge in [-0.2, -0.15) is 0 Å². The van der Waals surface area contributed by atoms with Gasteiger partial charge in [0.25, 0.3) is 0 Å². The number of hydrogen-bond acceptors (Lipinski definition) is 3. The van der Waals surface area contributed by atoms with Crippen LogP contribution in [0.3, 0.4) is 0 Å². The fraction of sp³-hybridized carbons (Fsp3) is 0.450. The lowest BCUT2D eigenvalue weighted by Gasteiger charge is -2.23. The molecule has 26 heavy (non-hydrogen) atoms. The van der Waals surface area contributed by atoms with Gasteiger partial charge in [0.15, 0.2) is 5.96 Å². The van der Waals surface area contributed by atoms with Gasteiger partial charge in [-0.1, -0.05) is 44.2 Å². The Morgan fingerprint density at radius 3 is 2.50 bits per heavy atom. The molecule has 0 bridgehead atoms.